The fraction of sp³-hybridized carbons (Fsp3) is 0.423. The minimum atomic E-state index is -4.57. The van der Waals surface area contributed by atoms with Gasteiger partial charge in [0.1, 0.15) is 6.04 Å². The van der Waals surface area contributed by atoms with Crippen LogP contribution in [0.15, 0.2) is 54.6 Å². The van der Waals surface area contributed by atoms with Crippen LogP contribution in [0.1, 0.15) is 23.1 Å². The average Bonchev–Trinajstić information content (AvgIpc) is 2.89. The van der Waals surface area contributed by atoms with E-state index in [4.69, 9.17) is 17.2 Å². The maximum atomic E-state index is 13.1. The molecule has 0 saturated carbocycles. The summed E-state index contributed by atoms with van der Waals surface area (Å²) in [5.74, 6) is -2.34. The van der Waals surface area contributed by atoms with Gasteiger partial charge in [0.25, 0.3) is 5.91 Å². The number of ketones is 1. The molecule has 0 aromatic heterocycles. The second kappa shape index (κ2) is 14.6. The third-order valence-corrected chi connectivity index (χ3v) is 5.91. The lowest BCUT2D eigenvalue weighted by molar-refractivity contribution is -0.144. The lowest BCUT2D eigenvalue weighted by Crippen LogP contribution is -2.58. The van der Waals surface area contributed by atoms with Crippen molar-refractivity contribution >= 4 is 17.6 Å². The van der Waals surface area contributed by atoms with Gasteiger partial charge in [0, 0.05) is 32.6 Å². The van der Waals surface area contributed by atoms with Gasteiger partial charge < -0.3 is 32.5 Å². The lowest BCUT2D eigenvalue weighted by atomic mass is 9.96. The smallest absolute Gasteiger partial charge is 0.381 e. The zero-order valence-electron chi connectivity index (χ0n) is 20.9. The summed E-state index contributed by atoms with van der Waals surface area (Å²) in [7, 11) is 0. The number of aliphatic hydroxyl groups excluding tert-OH is 1. The normalized spacial score (nSPS) is 13.9. The predicted octanol–water partition coefficient (Wildman–Crippen LogP) is 0.369. The van der Waals surface area contributed by atoms with E-state index in [0.29, 0.717) is 6.42 Å². The van der Waals surface area contributed by atoms with Gasteiger partial charge in [-0.05, 0) is 30.0 Å². The minimum Gasteiger partial charge on any atom is -0.381 e. The first-order chi connectivity index (χ1) is 18.0. The molecule has 0 unspecified atom stereocenters. The predicted molar refractivity (Wildman–Crippen MR) is 136 cm³/mol. The van der Waals surface area contributed by atoms with Gasteiger partial charge in [0.05, 0.1) is 11.6 Å². The van der Waals surface area contributed by atoms with Crippen molar-refractivity contribution < 1.29 is 32.7 Å². The Morgan fingerprint density at radius 3 is 2.13 bits per heavy atom. The van der Waals surface area contributed by atoms with Crippen molar-refractivity contribution in [1.29, 1.82) is 0 Å². The number of aliphatic hydroxyl groups is 1. The van der Waals surface area contributed by atoms with Crippen LogP contribution in [-0.4, -0.2) is 72.0 Å². The Morgan fingerprint density at radius 1 is 0.947 bits per heavy atom. The van der Waals surface area contributed by atoms with Crippen molar-refractivity contribution in [2.75, 3.05) is 26.2 Å². The Morgan fingerprint density at radius 2 is 1.55 bits per heavy atom. The highest BCUT2D eigenvalue weighted by Crippen LogP contribution is 2.29. The highest BCUT2D eigenvalue weighted by molar-refractivity contribution is 5.95. The Kier molecular flexibility index (Phi) is 11.9. The zero-order chi connectivity index (χ0) is 28.3. The zero-order valence-corrected chi connectivity index (χ0v) is 20.9. The number of amides is 2. The second-order valence-electron chi connectivity index (χ2n) is 8.80. The lowest BCUT2D eigenvalue weighted by Gasteiger charge is -2.27. The van der Waals surface area contributed by atoms with Crippen molar-refractivity contribution in [1.82, 2.24) is 10.2 Å². The van der Waals surface area contributed by atoms with Gasteiger partial charge in [-0.15, -0.1) is 0 Å². The highest BCUT2D eigenvalue weighted by Gasteiger charge is 2.34. The molecule has 0 saturated heterocycles. The number of rotatable bonds is 14. The summed E-state index contributed by atoms with van der Waals surface area (Å²) in [5.41, 5.74) is 16.9. The molecule has 0 spiro atoms. The monoisotopic (exact) mass is 537 g/mol. The molecule has 12 heteroatoms. The molecule has 0 heterocycles. The van der Waals surface area contributed by atoms with E-state index in [0.717, 1.165) is 17.7 Å². The number of carbonyl (C=O) groups is 3. The molecule has 0 bridgehead atoms. The molecule has 2 amide bonds. The van der Waals surface area contributed by atoms with Gasteiger partial charge in [-0.2, -0.15) is 13.2 Å². The highest BCUT2D eigenvalue weighted by atomic mass is 19.4. The van der Waals surface area contributed by atoms with Crippen LogP contribution in [0.2, 0.25) is 0 Å². The summed E-state index contributed by atoms with van der Waals surface area (Å²) in [6, 6.07) is 10.6. The van der Waals surface area contributed by atoms with E-state index < -0.39 is 47.5 Å². The van der Waals surface area contributed by atoms with Crippen molar-refractivity contribution in [2.24, 2.45) is 17.2 Å². The SMILES string of the molecule is NCCN(CCN)C(=O)[C@H](O)[C@H](N)C(=O)N[C@@H](CCc1ccccc1)C(=O)Cc1cccc(C(F)(F)F)c1. The number of benzene rings is 2. The van der Waals surface area contributed by atoms with Crippen LogP contribution in [-0.2, 0) is 33.4 Å². The van der Waals surface area contributed by atoms with E-state index in [1.54, 1.807) is 12.1 Å². The fourth-order valence-electron chi connectivity index (χ4n) is 3.85. The van der Waals surface area contributed by atoms with Crippen LogP contribution in [0, 0.1) is 0 Å². The minimum absolute atomic E-state index is 0.0939. The largest absolute Gasteiger partial charge is 0.416 e. The average molecular weight is 538 g/mol. The van der Waals surface area contributed by atoms with E-state index in [9.17, 15) is 32.7 Å². The number of alkyl halides is 3. The quantitative estimate of drug-likeness (QED) is 0.232. The standard InChI is InChI=1S/C26H34F3N5O4/c27-26(28,29)19-8-4-7-18(15-19)16-21(35)20(10-9-17-5-2-1-3-6-17)33-24(37)22(32)23(36)25(38)34(13-11-30)14-12-31/h1-8,15,20,22-23,36H,9-14,16,30-32H2,(H,33,37)/t20-,22-,23+/m0/s1. The van der Waals surface area contributed by atoms with Gasteiger partial charge in [-0.3, -0.25) is 14.4 Å². The van der Waals surface area contributed by atoms with Crippen LogP contribution < -0.4 is 22.5 Å². The number of hydrogen-bond donors (Lipinski definition) is 5. The molecular weight excluding hydrogens is 503 g/mol. The summed E-state index contributed by atoms with van der Waals surface area (Å²) < 4.78 is 39.3. The van der Waals surface area contributed by atoms with E-state index in [1.807, 2.05) is 18.2 Å². The van der Waals surface area contributed by atoms with E-state index in [-0.39, 0.29) is 44.6 Å². The third-order valence-electron chi connectivity index (χ3n) is 5.91. The van der Waals surface area contributed by atoms with Crippen molar-refractivity contribution in [2.45, 2.75) is 43.6 Å². The number of hydrogen-bond acceptors (Lipinski definition) is 7. The number of nitrogens with two attached hydrogens (primary N) is 3. The van der Waals surface area contributed by atoms with Gasteiger partial charge in [0.2, 0.25) is 5.91 Å². The molecule has 0 fully saturated rings. The Balaban J connectivity index is 2.18. The number of nitrogens with one attached hydrogen (secondary N) is 1. The van der Waals surface area contributed by atoms with E-state index >= 15 is 0 Å². The van der Waals surface area contributed by atoms with Crippen molar-refractivity contribution in [3.63, 3.8) is 0 Å². The first kappa shape index (κ1) is 30.9. The van der Waals surface area contributed by atoms with Crippen LogP contribution in [0.3, 0.4) is 0 Å². The van der Waals surface area contributed by atoms with Crippen LogP contribution in [0.5, 0.6) is 0 Å². The summed E-state index contributed by atoms with van der Waals surface area (Å²) in [6.45, 7) is 0.393. The Bertz CT molecular complexity index is 1060. The van der Waals surface area contributed by atoms with Gasteiger partial charge in [0.15, 0.2) is 11.9 Å². The van der Waals surface area contributed by atoms with Crippen LogP contribution >= 0.6 is 0 Å². The van der Waals surface area contributed by atoms with Crippen molar-refractivity contribution in [3.05, 3.63) is 71.3 Å². The first-order valence-corrected chi connectivity index (χ1v) is 12.1. The summed E-state index contributed by atoms with van der Waals surface area (Å²) >= 11 is 0. The molecule has 0 aliphatic carbocycles. The Labute approximate surface area is 219 Å². The molecule has 0 aliphatic rings. The van der Waals surface area contributed by atoms with Crippen LogP contribution in [0.4, 0.5) is 13.2 Å². The molecule has 2 rings (SSSR count). The van der Waals surface area contributed by atoms with Crippen molar-refractivity contribution in [3.8, 4) is 0 Å². The maximum absolute atomic E-state index is 13.1. The summed E-state index contributed by atoms with van der Waals surface area (Å²) in [6.07, 6.45) is -6.37. The van der Waals surface area contributed by atoms with Gasteiger partial charge in [-0.1, -0.05) is 48.5 Å². The molecule has 2 aromatic carbocycles. The number of aryl methyl sites for hydroxylation is 1. The number of nitrogens with zero attached hydrogens (tertiary/aromatic N) is 1. The fourth-order valence-corrected chi connectivity index (χ4v) is 3.85. The van der Waals surface area contributed by atoms with Gasteiger partial charge >= 0.3 is 6.18 Å². The molecule has 0 aliphatic heterocycles. The Hall–Kier alpha value is -3.32. The van der Waals surface area contributed by atoms with E-state index in [1.165, 1.54) is 17.0 Å². The second-order valence-corrected chi connectivity index (χ2v) is 8.80. The van der Waals surface area contributed by atoms with Gasteiger partial charge in [-0.25, -0.2) is 0 Å². The number of halogens is 3. The molecule has 9 nitrogen and oxygen atoms in total. The molecular formula is C26H34F3N5O4. The maximum Gasteiger partial charge on any atom is 0.416 e. The number of carbonyl (C=O) groups excluding carboxylic acids is 3. The topological polar surface area (TPSA) is 165 Å². The summed E-state index contributed by atoms with van der Waals surface area (Å²) in [5, 5.41) is 12.9. The molecule has 2 aromatic rings. The summed E-state index contributed by atoms with van der Waals surface area (Å²) in [4.78, 5) is 39.8. The first-order valence-electron chi connectivity index (χ1n) is 12.1. The van der Waals surface area contributed by atoms with Crippen LogP contribution in [0.25, 0.3) is 0 Å². The molecule has 208 valence electrons. The van der Waals surface area contributed by atoms with E-state index in [2.05, 4.69) is 5.32 Å². The molecule has 8 N–H and O–H groups in total. The molecule has 0 radical (unpaired) electrons. The molecule has 38 heavy (non-hydrogen) atoms. The molecule has 3 atom stereocenters. The third kappa shape index (κ3) is 9.21. The number of Topliss-reactive ketones (excluding diaryl/α,β-unsaturated/α-hetero) is 1.